The first kappa shape index (κ1) is 7.71. The highest BCUT2D eigenvalue weighted by molar-refractivity contribution is 5.90. The molecule has 1 rings (SSSR count). The third kappa shape index (κ3) is 1.54. The first-order valence-corrected chi connectivity index (χ1v) is 3.29. The molecule has 0 unspecified atom stereocenters. The van der Waals surface area contributed by atoms with Gasteiger partial charge in [0.05, 0.1) is 13.2 Å². The molecular weight excluding hydrogens is 146 g/mol. The second-order valence-electron chi connectivity index (χ2n) is 1.98. The molecule has 1 heterocycles. The van der Waals surface area contributed by atoms with Gasteiger partial charge in [-0.25, -0.2) is 4.79 Å². The van der Waals surface area contributed by atoms with E-state index in [2.05, 4.69) is 10.2 Å². The summed E-state index contributed by atoms with van der Waals surface area (Å²) < 4.78 is 4.70. The van der Waals surface area contributed by atoms with E-state index in [1.807, 2.05) is 0 Å². The van der Waals surface area contributed by atoms with Crippen LogP contribution in [0.3, 0.4) is 0 Å². The fraction of sp³-hybridized carbons (Fsp3) is 0.500. The Kier molecular flexibility index (Phi) is 2.20. The molecule has 0 aromatic heterocycles. The van der Waals surface area contributed by atoms with Gasteiger partial charge in [0.25, 0.3) is 0 Å². The van der Waals surface area contributed by atoms with Gasteiger partial charge < -0.3 is 10.5 Å². The molecule has 0 saturated carbocycles. The fourth-order valence-corrected chi connectivity index (χ4v) is 0.711. The van der Waals surface area contributed by atoms with Crippen molar-refractivity contribution in [3.63, 3.8) is 0 Å². The lowest BCUT2D eigenvalue weighted by molar-refractivity contribution is -0.138. The molecule has 5 nitrogen and oxygen atoms in total. The minimum atomic E-state index is -0.421. The molecule has 0 spiro atoms. The number of hydrogen-bond donors (Lipinski definition) is 1. The lowest BCUT2D eigenvalue weighted by atomic mass is 10.3. The Morgan fingerprint density at radius 3 is 3.00 bits per heavy atom. The first-order valence-electron chi connectivity index (χ1n) is 3.29. The van der Waals surface area contributed by atoms with E-state index in [1.165, 1.54) is 0 Å². The summed E-state index contributed by atoms with van der Waals surface area (Å²) in [5, 5.41) is 7.08. The summed E-state index contributed by atoms with van der Waals surface area (Å²) >= 11 is 0. The largest absolute Gasteiger partial charge is 0.462 e. The van der Waals surface area contributed by atoms with Crippen LogP contribution in [0.4, 0.5) is 0 Å². The van der Waals surface area contributed by atoms with Crippen LogP contribution in [-0.2, 0) is 9.53 Å². The van der Waals surface area contributed by atoms with Gasteiger partial charge in [-0.2, -0.15) is 5.11 Å². The lowest BCUT2D eigenvalue weighted by Crippen LogP contribution is -2.12. The zero-order valence-corrected chi connectivity index (χ0v) is 6.20. The van der Waals surface area contributed by atoms with Gasteiger partial charge in [0.1, 0.15) is 5.57 Å². The topological polar surface area (TPSA) is 77.0 Å². The second kappa shape index (κ2) is 3.14. The Bertz CT molecular complexity index is 232. The van der Waals surface area contributed by atoms with E-state index in [0.29, 0.717) is 12.2 Å². The van der Waals surface area contributed by atoms with Crippen LogP contribution in [0, 0.1) is 0 Å². The summed E-state index contributed by atoms with van der Waals surface area (Å²) in [6.07, 6.45) is 0. The van der Waals surface area contributed by atoms with Crippen molar-refractivity contribution < 1.29 is 9.53 Å². The maximum absolute atomic E-state index is 11.0. The molecular formula is C6H9N3O2. The third-order valence-electron chi connectivity index (χ3n) is 1.24. The van der Waals surface area contributed by atoms with Gasteiger partial charge in [-0.15, -0.1) is 5.11 Å². The van der Waals surface area contributed by atoms with Gasteiger partial charge >= 0.3 is 5.97 Å². The molecule has 0 amide bonds. The molecule has 0 fully saturated rings. The SMILES string of the molecule is CCOC(=O)C1=C(N)N=NC1. The van der Waals surface area contributed by atoms with Gasteiger partial charge in [0.2, 0.25) is 0 Å². The molecule has 11 heavy (non-hydrogen) atoms. The summed E-state index contributed by atoms with van der Waals surface area (Å²) in [5.74, 6) is -0.251. The zero-order valence-electron chi connectivity index (χ0n) is 6.20. The van der Waals surface area contributed by atoms with Gasteiger partial charge in [0, 0.05) is 0 Å². The number of nitrogens with zero attached hydrogens (tertiary/aromatic N) is 2. The van der Waals surface area contributed by atoms with E-state index < -0.39 is 5.97 Å². The molecule has 2 N–H and O–H groups in total. The Morgan fingerprint density at radius 1 is 1.82 bits per heavy atom. The van der Waals surface area contributed by atoms with Crippen molar-refractivity contribution >= 4 is 5.97 Å². The smallest absolute Gasteiger partial charge is 0.339 e. The molecule has 0 bridgehead atoms. The summed E-state index contributed by atoms with van der Waals surface area (Å²) in [7, 11) is 0. The fourth-order valence-electron chi connectivity index (χ4n) is 0.711. The molecule has 0 atom stereocenters. The predicted octanol–water partition coefficient (Wildman–Crippen LogP) is 0.186. The highest BCUT2D eigenvalue weighted by atomic mass is 16.5. The van der Waals surface area contributed by atoms with E-state index in [-0.39, 0.29) is 12.4 Å². The van der Waals surface area contributed by atoms with E-state index in [1.54, 1.807) is 6.92 Å². The second-order valence-corrected chi connectivity index (χ2v) is 1.98. The van der Waals surface area contributed by atoms with Gasteiger partial charge in [-0.1, -0.05) is 0 Å². The summed E-state index contributed by atoms with van der Waals surface area (Å²) in [5.41, 5.74) is 5.68. The van der Waals surface area contributed by atoms with Crippen LogP contribution in [-0.4, -0.2) is 19.1 Å². The molecule has 1 aliphatic heterocycles. The predicted molar refractivity (Wildman–Crippen MR) is 37.6 cm³/mol. The summed E-state index contributed by atoms with van der Waals surface area (Å²) in [4.78, 5) is 11.0. The molecule has 0 saturated heterocycles. The number of ether oxygens (including phenoxy) is 1. The van der Waals surface area contributed by atoms with Crippen molar-refractivity contribution in [2.75, 3.05) is 13.2 Å². The van der Waals surface area contributed by atoms with Crippen molar-refractivity contribution in [1.29, 1.82) is 0 Å². The Labute approximate surface area is 63.9 Å². The van der Waals surface area contributed by atoms with Gasteiger partial charge in [-0.3, -0.25) is 0 Å². The van der Waals surface area contributed by atoms with Crippen molar-refractivity contribution in [2.24, 2.45) is 16.0 Å². The van der Waals surface area contributed by atoms with E-state index in [0.717, 1.165) is 0 Å². The molecule has 60 valence electrons. The minimum Gasteiger partial charge on any atom is -0.462 e. The Balaban J connectivity index is 2.62. The van der Waals surface area contributed by atoms with E-state index in [9.17, 15) is 4.79 Å². The van der Waals surface area contributed by atoms with Gasteiger partial charge in [-0.05, 0) is 6.92 Å². The van der Waals surface area contributed by atoms with Crippen LogP contribution in [0.25, 0.3) is 0 Å². The molecule has 5 heteroatoms. The number of esters is 1. The maximum atomic E-state index is 11.0. The first-order chi connectivity index (χ1) is 5.25. The zero-order chi connectivity index (χ0) is 8.27. The molecule has 0 aromatic rings. The minimum absolute atomic E-state index is 0.170. The standard InChI is InChI=1S/C6H9N3O2/c1-2-11-6(10)4-3-8-9-5(4)7/h2-3,7H2,1H3. The van der Waals surface area contributed by atoms with Crippen LogP contribution in [0.1, 0.15) is 6.92 Å². The number of carbonyl (C=O) groups excluding carboxylic acids is 1. The van der Waals surface area contributed by atoms with Crippen LogP contribution in [0.15, 0.2) is 21.6 Å². The third-order valence-corrected chi connectivity index (χ3v) is 1.24. The van der Waals surface area contributed by atoms with E-state index >= 15 is 0 Å². The number of azo groups is 1. The summed E-state index contributed by atoms with van der Waals surface area (Å²) in [6, 6.07) is 0. The molecule has 0 radical (unpaired) electrons. The maximum Gasteiger partial charge on any atom is 0.339 e. The van der Waals surface area contributed by atoms with Crippen molar-refractivity contribution in [3.05, 3.63) is 11.4 Å². The van der Waals surface area contributed by atoms with Crippen molar-refractivity contribution in [3.8, 4) is 0 Å². The molecule has 0 aliphatic carbocycles. The Hall–Kier alpha value is -1.39. The number of carbonyl (C=O) groups is 1. The van der Waals surface area contributed by atoms with Crippen molar-refractivity contribution in [1.82, 2.24) is 0 Å². The van der Waals surface area contributed by atoms with Crippen LogP contribution >= 0.6 is 0 Å². The molecule has 0 aromatic carbocycles. The number of hydrogen-bond acceptors (Lipinski definition) is 5. The van der Waals surface area contributed by atoms with Crippen molar-refractivity contribution in [2.45, 2.75) is 6.92 Å². The number of rotatable bonds is 2. The van der Waals surface area contributed by atoms with Crippen LogP contribution < -0.4 is 5.73 Å². The highest BCUT2D eigenvalue weighted by Gasteiger charge is 2.18. The lowest BCUT2D eigenvalue weighted by Gasteiger charge is -1.99. The van der Waals surface area contributed by atoms with Crippen LogP contribution in [0.2, 0.25) is 0 Å². The Morgan fingerprint density at radius 2 is 2.55 bits per heavy atom. The van der Waals surface area contributed by atoms with E-state index in [4.69, 9.17) is 10.5 Å². The molecule has 1 aliphatic rings. The summed E-state index contributed by atoms with van der Waals surface area (Å²) in [6.45, 7) is 2.32. The van der Waals surface area contributed by atoms with Gasteiger partial charge in [0.15, 0.2) is 5.82 Å². The highest BCUT2D eigenvalue weighted by Crippen LogP contribution is 2.11. The average molecular weight is 155 g/mol. The van der Waals surface area contributed by atoms with Crippen LogP contribution in [0.5, 0.6) is 0 Å². The average Bonchev–Trinajstić information content (AvgIpc) is 2.36. The quantitative estimate of drug-likeness (QED) is 0.578. The normalized spacial score (nSPS) is 15.7. The number of nitrogens with two attached hydrogens (primary N) is 1. The monoisotopic (exact) mass is 155 g/mol.